The third kappa shape index (κ3) is 3.57. The normalized spacial score (nSPS) is 36.9. The summed E-state index contributed by atoms with van der Waals surface area (Å²) in [5.41, 5.74) is 0. The Bertz CT molecular complexity index is 305. The lowest BCUT2D eigenvalue weighted by Gasteiger charge is -2.33. The number of aliphatic hydroxyl groups is 1. The molecule has 2 aliphatic rings. The Morgan fingerprint density at radius 1 is 1.37 bits per heavy atom. The molecule has 1 aliphatic heterocycles. The second-order valence-corrected chi connectivity index (χ2v) is 6.60. The van der Waals surface area contributed by atoms with Gasteiger partial charge in [0.2, 0.25) is 0 Å². The first-order valence-electron chi connectivity index (χ1n) is 8.03. The molecule has 0 bridgehead atoms. The molecule has 19 heavy (non-hydrogen) atoms. The fraction of sp³-hybridized carbons (Fsp3) is 0.938. The van der Waals surface area contributed by atoms with Crippen molar-refractivity contribution in [1.82, 2.24) is 4.90 Å². The van der Waals surface area contributed by atoms with Crippen LogP contribution in [0.1, 0.15) is 52.4 Å². The van der Waals surface area contributed by atoms with Gasteiger partial charge in [-0.15, -0.1) is 0 Å². The van der Waals surface area contributed by atoms with E-state index in [0.717, 1.165) is 44.7 Å². The van der Waals surface area contributed by atoms with Crippen molar-refractivity contribution in [3.05, 3.63) is 0 Å². The van der Waals surface area contributed by atoms with Crippen LogP contribution in [-0.4, -0.2) is 41.5 Å². The number of hydrogen-bond donors (Lipinski definition) is 1. The van der Waals surface area contributed by atoms with Crippen LogP contribution in [-0.2, 0) is 4.79 Å². The Hall–Kier alpha value is -0.410. The molecule has 2 fully saturated rings. The summed E-state index contributed by atoms with van der Waals surface area (Å²) in [4.78, 5) is 14.5. The first-order valence-corrected chi connectivity index (χ1v) is 8.03. The minimum atomic E-state index is 0.227. The topological polar surface area (TPSA) is 40.5 Å². The third-order valence-corrected chi connectivity index (χ3v) is 5.21. The smallest absolute Gasteiger partial charge is 0.137 e. The zero-order chi connectivity index (χ0) is 13.8. The average molecular weight is 267 g/mol. The first kappa shape index (κ1) is 15.0. The van der Waals surface area contributed by atoms with Crippen molar-refractivity contribution in [1.29, 1.82) is 0 Å². The Balaban J connectivity index is 1.91. The number of ketones is 1. The second kappa shape index (κ2) is 6.85. The quantitative estimate of drug-likeness (QED) is 0.832. The maximum atomic E-state index is 12.1. The lowest BCUT2D eigenvalue weighted by atomic mass is 9.78. The van der Waals surface area contributed by atoms with Gasteiger partial charge in [0.25, 0.3) is 0 Å². The Morgan fingerprint density at radius 3 is 2.84 bits per heavy atom. The molecular weight excluding hydrogens is 238 g/mol. The zero-order valence-corrected chi connectivity index (χ0v) is 12.5. The molecule has 4 atom stereocenters. The van der Waals surface area contributed by atoms with Crippen molar-refractivity contribution in [3.63, 3.8) is 0 Å². The lowest BCUT2D eigenvalue weighted by molar-refractivity contribution is -0.126. The van der Waals surface area contributed by atoms with Crippen LogP contribution < -0.4 is 0 Å². The van der Waals surface area contributed by atoms with Crippen molar-refractivity contribution < 1.29 is 9.90 Å². The van der Waals surface area contributed by atoms with Crippen LogP contribution in [0.5, 0.6) is 0 Å². The summed E-state index contributed by atoms with van der Waals surface area (Å²) in [6.45, 7) is 6.61. The summed E-state index contributed by atoms with van der Waals surface area (Å²) in [6, 6.07) is 0.277. The highest BCUT2D eigenvalue weighted by Crippen LogP contribution is 2.32. The van der Waals surface area contributed by atoms with Crippen LogP contribution >= 0.6 is 0 Å². The van der Waals surface area contributed by atoms with Crippen molar-refractivity contribution in [2.45, 2.75) is 58.4 Å². The van der Waals surface area contributed by atoms with E-state index in [-0.39, 0.29) is 18.6 Å². The number of carbonyl (C=O) groups excluding carboxylic acids is 1. The van der Waals surface area contributed by atoms with E-state index in [1.54, 1.807) is 0 Å². The van der Waals surface area contributed by atoms with Gasteiger partial charge in [-0.1, -0.05) is 26.7 Å². The van der Waals surface area contributed by atoms with Crippen LogP contribution in [0.15, 0.2) is 0 Å². The van der Waals surface area contributed by atoms with Gasteiger partial charge in [0.15, 0.2) is 0 Å². The zero-order valence-electron chi connectivity index (χ0n) is 12.5. The summed E-state index contributed by atoms with van der Waals surface area (Å²) in [7, 11) is 0. The molecule has 2 rings (SSSR count). The van der Waals surface area contributed by atoms with Crippen LogP contribution in [0.4, 0.5) is 0 Å². The molecule has 0 aromatic heterocycles. The number of likely N-dealkylation sites (tertiary alicyclic amines) is 1. The number of rotatable bonds is 5. The molecule has 0 aromatic carbocycles. The summed E-state index contributed by atoms with van der Waals surface area (Å²) in [5.74, 6) is 2.00. The van der Waals surface area contributed by atoms with Crippen molar-refractivity contribution in [3.8, 4) is 0 Å². The highest BCUT2D eigenvalue weighted by molar-refractivity contribution is 5.82. The molecule has 3 heteroatoms. The Morgan fingerprint density at radius 2 is 2.16 bits per heavy atom. The molecule has 1 heterocycles. The molecule has 4 unspecified atom stereocenters. The predicted molar refractivity (Wildman–Crippen MR) is 77.0 cm³/mol. The van der Waals surface area contributed by atoms with Gasteiger partial charge in [-0.3, -0.25) is 9.69 Å². The third-order valence-electron chi connectivity index (χ3n) is 5.21. The van der Waals surface area contributed by atoms with E-state index in [1.807, 2.05) is 0 Å². The van der Waals surface area contributed by atoms with Gasteiger partial charge < -0.3 is 5.11 Å². The van der Waals surface area contributed by atoms with Gasteiger partial charge in [-0.25, -0.2) is 0 Å². The first-order chi connectivity index (χ1) is 9.15. The second-order valence-electron chi connectivity index (χ2n) is 6.60. The van der Waals surface area contributed by atoms with E-state index in [2.05, 4.69) is 18.7 Å². The molecule has 3 nitrogen and oxygen atoms in total. The molecule has 1 saturated carbocycles. The van der Waals surface area contributed by atoms with E-state index in [9.17, 15) is 9.90 Å². The van der Waals surface area contributed by atoms with Crippen LogP contribution in [0.3, 0.4) is 0 Å². The molecular formula is C16H29NO2. The van der Waals surface area contributed by atoms with Crippen LogP contribution in [0.25, 0.3) is 0 Å². The molecule has 1 aliphatic carbocycles. The van der Waals surface area contributed by atoms with Crippen LogP contribution in [0, 0.1) is 17.8 Å². The van der Waals surface area contributed by atoms with Crippen molar-refractivity contribution in [2.75, 3.05) is 19.7 Å². The number of nitrogens with zero attached hydrogens (tertiary/aromatic N) is 1. The van der Waals surface area contributed by atoms with Gasteiger partial charge >= 0.3 is 0 Å². The molecule has 110 valence electrons. The van der Waals surface area contributed by atoms with Gasteiger partial charge in [-0.2, -0.15) is 0 Å². The van der Waals surface area contributed by atoms with E-state index in [1.165, 1.54) is 12.8 Å². The predicted octanol–water partition coefficient (Wildman–Crippen LogP) is 2.47. The van der Waals surface area contributed by atoms with Gasteiger partial charge in [-0.05, 0) is 37.6 Å². The monoisotopic (exact) mass is 267 g/mol. The summed E-state index contributed by atoms with van der Waals surface area (Å²) in [5, 5.41) is 9.51. The van der Waals surface area contributed by atoms with Gasteiger partial charge in [0.05, 0.1) is 6.61 Å². The molecule has 0 spiro atoms. The molecule has 0 amide bonds. The minimum absolute atomic E-state index is 0.227. The molecule has 1 saturated heterocycles. The average Bonchev–Trinajstić information content (AvgIpc) is 2.74. The standard InChI is InChI=1S/C16H29NO2/c1-3-4-13-5-6-16(19)14(9-13)10-17-8-7-12(2)15(17)11-18/h12-15,18H,3-11H2,1-2H3. The Labute approximate surface area is 117 Å². The Kier molecular flexibility index (Phi) is 5.40. The van der Waals surface area contributed by atoms with E-state index in [0.29, 0.717) is 11.7 Å². The molecule has 1 N–H and O–H groups in total. The molecule has 0 radical (unpaired) electrons. The summed E-state index contributed by atoms with van der Waals surface area (Å²) >= 11 is 0. The maximum absolute atomic E-state index is 12.1. The number of hydrogen-bond acceptors (Lipinski definition) is 3. The van der Waals surface area contributed by atoms with Gasteiger partial charge in [0, 0.05) is 24.9 Å². The molecule has 0 aromatic rings. The summed E-state index contributed by atoms with van der Waals surface area (Å²) < 4.78 is 0. The highest BCUT2D eigenvalue weighted by Gasteiger charge is 2.35. The number of aliphatic hydroxyl groups excluding tert-OH is 1. The van der Waals surface area contributed by atoms with E-state index < -0.39 is 0 Å². The number of Topliss-reactive ketones (excluding diaryl/α,β-unsaturated/α-hetero) is 1. The fourth-order valence-corrected chi connectivity index (χ4v) is 3.94. The largest absolute Gasteiger partial charge is 0.395 e. The number of carbonyl (C=O) groups is 1. The maximum Gasteiger partial charge on any atom is 0.137 e. The van der Waals surface area contributed by atoms with E-state index >= 15 is 0 Å². The lowest BCUT2D eigenvalue weighted by Crippen LogP contribution is -2.42. The minimum Gasteiger partial charge on any atom is -0.395 e. The highest BCUT2D eigenvalue weighted by atomic mass is 16.3. The SMILES string of the molecule is CCCC1CCC(=O)C(CN2CCC(C)C2CO)C1. The summed E-state index contributed by atoms with van der Waals surface area (Å²) in [6.07, 6.45) is 6.61. The van der Waals surface area contributed by atoms with Crippen molar-refractivity contribution >= 4 is 5.78 Å². The fourth-order valence-electron chi connectivity index (χ4n) is 3.94. The van der Waals surface area contributed by atoms with Crippen LogP contribution in [0.2, 0.25) is 0 Å². The van der Waals surface area contributed by atoms with Crippen molar-refractivity contribution in [2.24, 2.45) is 17.8 Å². The van der Waals surface area contributed by atoms with E-state index in [4.69, 9.17) is 0 Å². The van der Waals surface area contributed by atoms with Gasteiger partial charge in [0.1, 0.15) is 5.78 Å².